The highest BCUT2D eigenvalue weighted by Crippen LogP contribution is 2.35. The number of carbonyl (C=O) groups is 1. The van der Waals surface area contributed by atoms with Crippen LogP contribution in [-0.4, -0.2) is 28.9 Å². The summed E-state index contributed by atoms with van der Waals surface area (Å²) >= 11 is 1.45. The number of aromatic nitrogens is 1. The molecule has 0 saturated heterocycles. The van der Waals surface area contributed by atoms with E-state index in [0.29, 0.717) is 23.7 Å². The van der Waals surface area contributed by atoms with Crippen molar-refractivity contribution < 1.29 is 4.79 Å². The van der Waals surface area contributed by atoms with Gasteiger partial charge < -0.3 is 10.6 Å². The molecule has 2 heterocycles. The van der Waals surface area contributed by atoms with Crippen LogP contribution in [0.15, 0.2) is 6.07 Å². The average Bonchev–Trinajstić information content (AvgIpc) is 2.84. The summed E-state index contributed by atoms with van der Waals surface area (Å²) in [4.78, 5) is 20.9. The van der Waals surface area contributed by atoms with Crippen LogP contribution in [0.25, 0.3) is 10.2 Å². The van der Waals surface area contributed by atoms with Gasteiger partial charge in [-0.2, -0.15) is 0 Å². The molecule has 1 aliphatic carbocycles. The summed E-state index contributed by atoms with van der Waals surface area (Å²) in [5.74, 6) is 0.0305. The third-order valence-corrected chi connectivity index (χ3v) is 5.85. The molecular weight excluding hydrogens is 306 g/mol. The van der Waals surface area contributed by atoms with Crippen molar-refractivity contribution in [1.29, 1.82) is 0 Å². The maximum absolute atomic E-state index is 12.7. The number of aryl methyl sites for hydroxylation is 2. The first-order valence-corrected chi connectivity index (χ1v) is 9.47. The highest BCUT2D eigenvalue weighted by atomic mass is 32.1. The molecule has 0 aliphatic heterocycles. The summed E-state index contributed by atoms with van der Waals surface area (Å²) in [6, 6.07) is 2.19. The average molecular weight is 331 g/mol. The molecule has 4 nitrogen and oxygen atoms in total. The number of nitrogens with zero attached hydrogens (tertiary/aromatic N) is 2. The summed E-state index contributed by atoms with van der Waals surface area (Å²) < 4.78 is 0. The number of nitrogen functional groups attached to an aromatic ring is 1. The number of thiophene rings is 1. The van der Waals surface area contributed by atoms with Gasteiger partial charge in [0.1, 0.15) is 9.71 Å². The lowest BCUT2D eigenvalue weighted by Crippen LogP contribution is -2.30. The van der Waals surface area contributed by atoms with E-state index < -0.39 is 0 Å². The minimum absolute atomic E-state index is 0.0305. The van der Waals surface area contributed by atoms with Crippen LogP contribution in [0, 0.1) is 0 Å². The number of pyridine rings is 1. The van der Waals surface area contributed by atoms with Gasteiger partial charge in [-0.1, -0.05) is 12.8 Å². The lowest BCUT2D eigenvalue weighted by atomic mass is 9.96. The van der Waals surface area contributed by atoms with Crippen molar-refractivity contribution in [1.82, 2.24) is 9.88 Å². The molecule has 0 atom stereocenters. The zero-order valence-electron chi connectivity index (χ0n) is 14.0. The van der Waals surface area contributed by atoms with E-state index >= 15 is 0 Å². The van der Waals surface area contributed by atoms with Crippen LogP contribution in [0.1, 0.15) is 60.5 Å². The number of nitrogens with two attached hydrogens (primary N) is 1. The lowest BCUT2D eigenvalue weighted by molar-refractivity contribution is 0.0779. The zero-order valence-corrected chi connectivity index (χ0v) is 14.8. The normalized spacial score (nSPS) is 15.0. The molecule has 0 aromatic carbocycles. The van der Waals surface area contributed by atoms with Gasteiger partial charge in [-0.25, -0.2) is 4.98 Å². The predicted molar refractivity (Wildman–Crippen MR) is 97.2 cm³/mol. The summed E-state index contributed by atoms with van der Waals surface area (Å²) in [7, 11) is 0. The lowest BCUT2D eigenvalue weighted by Gasteiger charge is -2.17. The van der Waals surface area contributed by atoms with Gasteiger partial charge in [0.05, 0.1) is 5.69 Å². The number of carbonyl (C=O) groups excluding carboxylic acids is 1. The monoisotopic (exact) mass is 331 g/mol. The van der Waals surface area contributed by atoms with Crippen molar-refractivity contribution in [2.75, 3.05) is 18.8 Å². The second-order valence-electron chi connectivity index (χ2n) is 6.18. The molecule has 2 aromatic heterocycles. The topological polar surface area (TPSA) is 59.2 Å². The third-order valence-electron chi connectivity index (χ3n) is 4.74. The summed E-state index contributed by atoms with van der Waals surface area (Å²) in [6.45, 7) is 5.39. The highest BCUT2D eigenvalue weighted by molar-refractivity contribution is 7.21. The molecule has 1 amide bonds. The van der Waals surface area contributed by atoms with E-state index in [-0.39, 0.29) is 5.91 Å². The Morgan fingerprint density at radius 1 is 1.22 bits per heavy atom. The number of rotatable bonds is 3. The largest absolute Gasteiger partial charge is 0.397 e. The smallest absolute Gasteiger partial charge is 0.266 e. The Balaban J connectivity index is 2.05. The van der Waals surface area contributed by atoms with Crippen LogP contribution < -0.4 is 5.73 Å². The van der Waals surface area contributed by atoms with Crippen LogP contribution in [0.4, 0.5) is 5.69 Å². The van der Waals surface area contributed by atoms with Crippen molar-refractivity contribution in [3.05, 3.63) is 22.2 Å². The van der Waals surface area contributed by atoms with Gasteiger partial charge in [-0.05, 0) is 51.2 Å². The number of amides is 1. The molecule has 0 spiro atoms. The predicted octanol–water partition coefficient (Wildman–Crippen LogP) is 4.02. The number of fused-ring (bicyclic) bond motifs is 2. The van der Waals surface area contributed by atoms with Crippen molar-refractivity contribution in [3.8, 4) is 0 Å². The second-order valence-corrected chi connectivity index (χ2v) is 7.18. The van der Waals surface area contributed by atoms with Crippen molar-refractivity contribution in [2.45, 2.75) is 52.4 Å². The van der Waals surface area contributed by atoms with E-state index in [9.17, 15) is 4.79 Å². The first kappa shape index (κ1) is 16.2. The molecule has 0 unspecified atom stereocenters. The Labute approximate surface area is 141 Å². The summed E-state index contributed by atoms with van der Waals surface area (Å²) in [6.07, 6.45) is 7.13. The molecule has 0 saturated carbocycles. The first-order chi connectivity index (χ1) is 11.2. The molecule has 1 aliphatic rings. The maximum Gasteiger partial charge on any atom is 0.266 e. The Morgan fingerprint density at radius 2 is 1.91 bits per heavy atom. The Morgan fingerprint density at radius 3 is 2.61 bits per heavy atom. The molecular formula is C18H25N3OS. The van der Waals surface area contributed by atoms with E-state index in [0.717, 1.165) is 23.1 Å². The number of hydrogen-bond donors (Lipinski definition) is 1. The minimum atomic E-state index is 0.0305. The summed E-state index contributed by atoms with van der Waals surface area (Å²) in [5.41, 5.74) is 9.45. The third kappa shape index (κ3) is 3.07. The van der Waals surface area contributed by atoms with Gasteiger partial charge in [-0.3, -0.25) is 4.79 Å². The fraction of sp³-hybridized carbons (Fsp3) is 0.556. The van der Waals surface area contributed by atoms with Gasteiger partial charge in [0.25, 0.3) is 5.91 Å². The van der Waals surface area contributed by atoms with E-state index in [1.54, 1.807) is 0 Å². The van der Waals surface area contributed by atoms with Crippen LogP contribution >= 0.6 is 11.3 Å². The molecule has 0 fully saturated rings. The SMILES string of the molecule is CCN(CC)C(=O)c1sc2nc3c(cc2c1N)CCCCCC3. The molecule has 0 bridgehead atoms. The van der Waals surface area contributed by atoms with Crippen LogP contribution in [-0.2, 0) is 12.8 Å². The van der Waals surface area contributed by atoms with Gasteiger partial charge in [-0.15, -0.1) is 11.3 Å². The number of anilines is 1. The highest BCUT2D eigenvalue weighted by Gasteiger charge is 2.22. The van der Waals surface area contributed by atoms with Crippen LogP contribution in [0.3, 0.4) is 0 Å². The van der Waals surface area contributed by atoms with Crippen molar-refractivity contribution >= 4 is 33.1 Å². The molecule has 3 rings (SSSR count). The Kier molecular flexibility index (Phi) is 4.85. The second kappa shape index (κ2) is 6.87. The van der Waals surface area contributed by atoms with Gasteiger partial charge in [0.2, 0.25) is 0 Å². The molecule has 23 heavy (non-hydrogen) atoms. The molecule has 124 valence electrons. The van der Waals surface area contributed by atoms with E-state index in [1.807, 2.05) is 18.7 Å². The van der Waals surface area contributed by atoms with Crippen LogP contribution in [0.5, 0.6) is 0 Å². The fourth-order valence-electron chi connectivity index (χ4n) is 3.33. The molecule has 2 N–H and O–H groups in total. The van der Waals surface area contributed by atoms with E-state index in [1.165, 1.54) is 48.3 Å². The molecule has 5 heteroatoms. The summed E-state index contributed by atoms with van der Waals surface area (Å²) in [5, 5.41) is 0.963. The zero-order chi connectivity index (χ0) is 16.4. The van der Waals surface area contributed by atoms with Gasteiger partial charge in [0, 0.05) is 24.2 Å². The first-order valence-electron chi connectivity index (χ1n) is 8.65. The van der Waals surface area contributed by atoms with Gasteiger partial charge >= 0.3 is 0 Å². The maximum atomic E-state index is 12.7. The molecule has 2 aromatic rings. The van der Waals surface area contributed by atoms with Crippen molar-refractivity contribution in [3.63, 3.8) is 0 Å². The number of hydrogen-bond acceptors (Lipinski definition) is 4. The van der Waals surface area contributed by atoms with Crippen molar-refractivity contribution in [2.24, 2.45) is 0 Å². The minimum Gasteiger partial charge on any atom is -0.397 e. The standard InChI is InChI=1S/C18H25N3OS/c1-3-21(4-2)18(22)16-15(19)13-11-12-9-7-5-6-8-10-14(12)20-17(13)23-16/h11H,3-10,19H2,1-2H3. The Hall–Kier alpha value is -1.62. The van der Waals surface area contributed by atoms with E-state index in [2.05, 4.69) is 6.07 Å². The Bertz CT molecular complexity index is 719. The fourth-order valence-corrected chi connectivity index (χ4v) is 4.39. The van der Waals surface area contributed by atoms with Gasteiger partial charge in [0.15, 0.2) is 0 Å². The quantitative estimate of drug-likeness (QED) is 0.924. The van der Waals surface area contributed by atoms with Crippen LogP contribution in [0.2, 0.25) is 0 Å². The molecule has 0 radical (unpaired) electrons. The van der Waals surface area contributed by atoms with E-state index in [4.69, 9.17) is 10.7 Å².